The number of pyridine rings is 1. The molecular formula is C24H28F4N4O2. The number of carbonyl (C=O) groups is 1. The van der Waals surface area contributed by atoms with Gasteiger partial charge in [0.05, 0.1) is 5.69 Å². The van der Waals surface area contributed by atoms with E-state index >= 15 is 0 Å². The number of aromatic nitrogens is 3. The number of nitrogens with one attached hydrogen (secondary N) is 1. The SMILES string of the molecule is C1CCCCC1.Cc1cnc(NC=O)cc1-c1cc(F)c2nn(C)c(C(C)(O)C(F)(F)F)c2c1. The van der Waals surface area contributed by atoms with Crippen LogP contribution in [-0.4, -0.2) is 32.5 Å². The summed E-state index contributed by atoms with van der Waals surface area (Å²) in [4.78, 5) is 14.6. The first-order valence-electron chi connectivity index (χ1n) is 11.1. The number of hydrogen-bond acceptors (Lipinski definition) is 4. The van der Waals surface area contributed by atoms with Gasteiger partial charge in [0.15, 0.2) is 11.4 Å². The third-order valence-electron chi connectivity index (χ3n) is 6.03. The summed E-state index contributed by atoms with van der Waals surface area (Å²) >= 11 is 0. The maximum absolute atomic E-state index is 14.7. The summed E-state index contributed by atoms with van der Waals surface area (Å²) in [5, 5.41) is 16.2. The van der Waals surface area contributed by atoms with Crippen LogP contribution in [0.15, 0.2) is 24.4 Å². The van der Waals surface area contributed by atoms with Crippen molar-refractivity contribution in [3.05, 3.63) is 41.5 Å². The Morgan fingerprint density at radius 1 is 1.09 bits per heavy atom. The van der Waals surface area contributed by atoms with Crippen LogP contribution in [0.3, 0.4) is 0 Å². The lowest BCUT2D eigenvalue weighted by Gasteiger charge is -2.26. The average Bonchev–Trinajstić information content (AvgIpc) is 3.13. The molecule has 1 unspecified atom stereocenters. The number of benzene rings is 1. The van der Waals surface area contributed by atoms with Gasteiger partial charge >= 0.3 is 6.18 Å². The minimum Gasteiger partial charge on any atom is -0.375 e. The number of aryl methyl sites for hydroxylation is 2. The topological polar surface area (TPSA) is 80.0 Å². The van der Waals surface area contributed by atoms with Gasteiger partial charge in [0, 0.05) is 18.6 Å². The van der Waals surface area contributed by atoms with Gasteiger partial charge in [-0.1, -0.05) is 38.5 Å². The van der Waals surface area contributed by atoms with Crippen molar-refractivity contribution < 1.29 is 27.5 Å². The quantitative estimate of drug-likeness (QED) is 0.368. The fourth-order valence-electron chi connectivity index (χ4n) is 4.16. The molecule has 3 aromatic rings. The first-order chi connectivity index (χ1) is 16.0. The Morgan fingerprint density at radius 3 is 2.21 bits per heavy atom. The van der Waals surface area contributed by atoms with Crippen molar-refractivity contribution in [3.8, 4) is 11.1 Å². The van der Waals surface area contributed by atoms with Gasteiger partial charge in [-0.2, -0.15) is 18.3 Å². The van der Waals surface area contributed by atoms with E-state index in [0.29, 0.717) is 24.5 Å². The highest BCUT2D eigenvalue weighted by Crippen LogP contribution is 2.42. The van der Waals surface area contributed by atoms with Crippen LogP contribution in [0.2, 0.25) is 0 Å². The lowest BCUT2D eigenvalue weighted by atomic mass is 9.94. The van der Waals surface area contributed by atoms with E-state index in [-0.39, 0.29) is 22.3 Å². The van der Waals surface area contributed by atoms with Crippen LogP contribution >= 0.6 is 0 Å². The number of nitrogens with zero attached hydrogens (tertiary/aromatic N) is 3. The van der Waals surface area contributed by atoms with Crippen LogP contribution in [0.4, 0.5) is 23.4 Å². The molecule has 1 aliphatic rings. The molecule has 4 rings (SSSR count). The number of halogens is 4. The molecule has 0 radical (unpaired) electrons. The Bertz CT molecular complexity index is 1160. The van der Waals surface area contributed by atoms with E-state index in [0.717, 1.165) is 10.7 Å². The summed E-state index contributed by atoms with van der Waals surface area (Å²) in [6.07, 6.45) is 5.87. The van der Waals surface area contributed by atoms with Crippen LogP contribution in [0, 0.1) is 12.7 Å². The summed E-state index contributed by atoms with van der Waals surface area (Å²) in [7, 11) is 1.21. The number of aliphatic hydroxyl groups is 1. The molecular weight excluding hydrogens is 452 g/mol. The van der Waals surface area contributed by atoms with E-state index in [1.807, 2.05) is 0 Å². The molecule has 1 aliphatic carbocycles. The third kappa shape index (κ3) is 5.22. The zero-order chi connectivity index (χ0) is 25.1. The standard InChI is InChI=1S/C18H16F4N4O2.C6H12/c1-9-7-23-14(24-8-27)6-11(9)10-4-12-15(13(19)5-10)25-26(3)16(12)17(2,28)18(20,21)22;1-2-4-6-5-3-1/h4-8,28H,1-3H3,(H,23,24,27);1-6H2. The van der Waals surface area contributed by atoms with Gasteiger partial charge in [0.25, 0.3) is 0 Å². The number of fused-ring (bicyclic) bond motifs is 1. The summed E-state index contributed by atoms with van der Waals surface area (Å²) < 4.78 is 55.7. The molecule has 0 spiro atoms. The Balaban J connectivity index is 0.000000469. The number of alkyl halides is 3. The van der Waals surface area contributed by atoms with Crippen LogP contribution in [0.25, 0.3) is 22.0 Å². The maximum Gasteiger partial charge on any atom is 0.422 e. The number of rotatable bonds is 4. The molecule has 1 atom stereocenters. The lowest BCUT2D eigenvalue weighted by molar-refractivity contribution is -0.260. The number of hydrogen-bond donors (Lipinski definition) is 2. The zero-order valence-corrected chi connectivity index (χ0v) is 19.3. The van der Waals surface area contributed by atoms with Crippen molar-refractivity contribution in [1.82, 2.24) is 14.8 Å². The van der Waals surface area contributed by atoms with Gasteiger partial charge < -0.3 is 10.4 Å². The smallest absolute Gasteiger partial charge is 0.375 e. The average molecular weight is 481 g/mol. The van der Waals surface area contributed by atoms with Gasteiger partial charge in [-0.25, -0.2) is 9.37 Å². The van der Waals surface area contributed by atoms with E-state index < -0.39 is 23.3 Å². The highest BCUT2D eigenvalue weighted by molar-refractivity contribution is 5.89. The fourth-order valence-corrected chi connectivity index (χ4v) is 4.16. The molecule has 1 saturated carbocycles. The Hall–Kier alpha value is -3.01. The second kappa shape index (κ2) is 10.1. The number of anilines is 1. The summed E-state index contributed by atoms with van der Waals surface area (Å²) in [5.74, 6) is -0.641. The van der Waals surface area contributed by atoms with Crippen LogP contribution in [0.1, 0.15) is 56.7 Å². The predicted octanol–water partition coefficient (Wildman–Crippen LogP) is 5.76. The van der Waals surface area contributed by atoms with Crippen LogP contribution in [0.5, 0.6) is 0 Å². The molecule has 10 heteroatoms. The largest absolute Gasteiger partial charge is 0.422 e. The molecule has 0 aliphatic heterocycles. The van der Waals surface area contributed by atoms with E-state index in [4.69, 9.17) is 0 Å². The zero-order valence-electron chi connectivity index (χ0n) is 19.3. The summed E-state index contributed by atoms with van der Waals surface area (Å²) in [6, 6.07) is 3.94. The number of amides is 1. The first kappa shape index (κ1) is 25.6. The summed E-state index contributed by atoms with van der Waals surface area (Å²) in [5.41, 5.74) is -2.77. The van der Waals surface area contributed by atoms with E-state index in [2.05, 4.69) is 15.4 Å². The molecule has 1 amide bonds. The molecule has 0 saturated heterocycles. The van der Waals surface area contributed by atoms with Gasteiger partial charge in [0.2, 0.25) is 6.41 Å². The Morgan fingerprint density at radius 2 is 1.68 bits per heavy atom. The van der Waals surface area contributed by atoms with Crippen molar-refractivity contribution in [2.45, 2.75) is 64.1 Å². The maximum atomic E-state index is 14.7. The van der Waals surface area contributed by atoms with Crippen molar-refractivity contribution in [3.63, 3.8) is 0 Å². The molecule has 1 aromatic carbocycles. The molecule has 34 heavy (non-hydrogen) atoms. The van der Waals surface area contributed by atoms with E-state index in [1.165, 1.54) is 63.9 Å². The summed E-state index contributed by atoms with van der Waals surface area (Å²) in [6.45, 7) is 2.28. The number of carbonyl (C=O) groups excluding carboxylic acids is 1. The Labute approximate surface area is 195 Å². The van der Waals surface area contributed by atoms with Crippen molar-refractivity contribution in [2.24, 2.45) is 7.05 Å². The van der Waals surface area contributed by atoms with E-state index in [1.54, 1.807) is 6.92 Å². The molecule has 2 aromatic heterocycles. The predicted molar refractivity (Wildman–Crippen MR) is 122 cm³/mol. The fraction of sp³-hybridized carbons (Fsp3) is 0.458. The van der Waals surface area contributed by atoms with Gasteiger partial charge in [-0.15, -0.1) is 0 Å². The Kier molecular flexibility index (Phi) is 7.60. The molecule has 2 N–H and O–H groups in total. The molecule has 1 fully saturated rings. The second-order valence-electron chi connectivity index (χ2n) is 8.66. The van der Waals surface area contributed by atoms with Crippen molar-refractivity contribution in [1.29, 1.82) is 0 Å². The van der Waals surface area contributed by atoms with Gasteiger partial charge in [-0.3, -0.25) is 9.48 Å². The van der Waals surface area contributed by atoms with Crippen LogP contribution in [-0.2, 0) is 17.4 Å². The van der Waals surface area contributed by atoms with Gasteiger partial charge in [-0.05, 0) is 48.7 Å². The molecule has 184 valence electrons. The van der Waals surface area contributed by atoms with E-state index in [9.17, 15) is 27.5 Å². The third-order valence-corrected chi connectivity index (χ3v) is 6.03. The second-order valence-corrected chi connectivity index (χ2v) is 8.66. The lowest BCUT2D eigenvalue weighted by Crippen LogP contribution is -2.41. The minimum atomic E-state index is -4.99. The van der Waals surface area contributed by atoms with Crippen molar-refractivity contribution in [2.75, 3.05) is 5.32 Å². The van der Waals surface area contributed by atoms with Crippen LogP contribution < -0.4 is 5.32 Å². The van der Waals surface area contributed by atoms with Crippen molar-refractivity contribution >= 4 is 23.1 Å². The first-order valence-corrected chi connectivity index (χ1v) is 11.1. The minimum absolute atomic E-state index is 0.166. The normalized spacial score (nSPS) is 15.9. The van der Waals surface area contributed by atoms with Gasteiger partial charge in [0.1, 0.15) is 11.3 Å². The monoisotopic (exact) mass is 480 g/mol. The molecule has 2 heterocycles. The highest BCUT2D eigenvalue weighted by Gasteiger charge is 2.54. The molecule has 6 nitrogen and oxygen atoms in total. The highest BCUT2D eigenvalue weighted by atomic mass is 19.4. The molecule has 0 bridgehead atoms.